The molecule has 2 saturated carbocycles. The monoisotopic (exact) mass is 451 g/mol. The van der Waals surface area contributed by atoms with E-state index < -0.39 is 21.8 Å². The topological polar surface area (TPSA) is 74.8 Å². The molecule has 0 radical (unpaired) electrons. The number of fused-ring (bicyclic) bond motifs is 10. The molecule has 8 atom stereocenters. The molecular formula is C18H16IN2O4-. The van der Waals surface area contributed by atoms with Gasteiger partial charge in [-0.1, -0.05) is 0 Å². The number of hydrogen-bond acceptors (Lipinski definition) is 4. The van der Waals surface area contributed by atoms with Gasteiger partial charge in [-0.2, -0.15) is 0 Å². The summed E-state index contributed by atoms with van der Waals surface area (Å²) in [6, 6.07) is 0. The molecular weight excluding hydrogens is 435 g/mol. The van der Waals surface area contributed by atoms with Crippen LogP contribution in [0.25, 0.3) is 0 Å². The van der Waals surface area contributed by atoms with E-state index in [1.165, 1.54) is 6.23 Å². The molecule has 0 aromatic carbocycles. The van der Waals surface area contributed by atoms with Crippen LogP contribution in [-0.4, -0.2) is 29.9 Å². The Labute approximate surface area is 155 Å². The summed E-state index contributed by atoms with van der Waals surface area (Å²) < 4.78 is 2.57. The van der Waals surface area contributed by atoms with Crippen molar-refractivity contribution in [3.05, 3.63) is 24.3 Å². The molecule has 6 rings (SSSR count). The molecule has 6 aliphatic rings. The van der Waals surface area contributed by atoms with Crippen molar-refractivity contribution < 1.29 is 40.9 Å². The van der Waals surface area contributed by atoms with Crippen LogP contribution in [0.3, 0.4) is 0 Å². The Kier molecular flexibility index (Phi) is 2.70. The summed E-state index contributed by atoms with van der Waals surface area (Å²) in [5, 5.41) is 0. The Bertz CT molecular complexity index is 694. The first-order valence-electron chi connectivity index (χ1n) is 8.84. The van der Waals surface area contributed by atoms with Crippen LogP contribution >= 0.6 is 0 Å². The van der Waals surface area contributed by atoms with Crippen molar-refractivity contribution in [2.24, 2.45) is 47.3 Å². The second kappa shape index (κ2) is 4.61. The van der Waals surface area contributed by atoms with Crippen molar-refractivity contribution >= 4 is 23.6 Å². The molecule has 4 amide bonds. The van der Waals surface area contributed by atoms with Crippen LogP contribution in [0.2, 0.25) is 0 Å². The zero-order chi connectivity index (χ0) is 17.0. The summed E-state index contributed by atoms with van der Waals surface area (Å²) >= 11 is -1.41. The van der Waals surface area contributed by atoms with Crippen molar-refractivity contribution in [1.82, 2.24) is 6.23 Å². The zero-order valence-electron chi connectivity index (χ0n) is 13.2. The summed E-state index contributed by atoms with van der Waals surface area (Å²) in [6.45, 7) is 0. The van der Waals surface area contributed by atoms with Gasteiger partial charge in [0.05, 0.1) is 0 Å². The van der Waals surface area contributed by atoms with Crippen molar-refractivity contribution in [1.29, 1.82) is 0 Å². The van der Waals surface area contributed by atoms with Crippen molar-refractivity contribution in [2.75, 3.05) is 0 Å². The molecule has 4 fully saturated rings. The first-order valence-corrected chi connectivity index (χ1v) is 10.8. The van der Waals surface area contributed by atoms with E-state index >= 15 is 0 Å². The molecule has 6 nitrogen and oxygen atoms in total. The molecule has 0 N–H and O–H groups in total. The average molecular weight is 451 g/mol. The molecule has 130 valence electrons. The third-order valence-electron chi connectivity index (χ3n) is 6.98. The van der Waals surface area contributed by atoms with E-state index in [0.29, 0.717) is 0 Å². The minimum atomic E-state index is -1.41. The van der Waals surface area contributed by atoms with Crippen LogP contribution in [0.1, 0.15) is 12.8 Å². The number of nitrogens with zero attached hydrogens (tertiary/aromatic N) is 2. The number of allylic oxidation sites excluding steroid dienone is 4. The van der Waals surface area contributed by atoms with E-state index in [1.54, 1.807) is 0 Å². The average Bonchev–Trinajstić information content (AvgIpc) is 3.40. The molecule has 8 unspecified atom stereocenters. The molecule has 4 aliphatic carbocycles. The predicted octanol–water partition coefficient (Wildman–Crippen LogP) is -2.48. The van der Waals surface area contributed by atoms with Crippen LogP contribution in [0.5, 0.6) is 0 Å². The van der Waals surface area contributed by atoms with Crippen LogP contribution in [0.4, 0.5) is 0 Å². The fourth-order valence-corrected chi connectivity index (χ4v) is 8.53. The number of halogens is 1. The number of imide groups is 2. The van der Waals surface area contributed by atoms with E-state index in [1.807, 2.05) is 0 Å². The number of rotatable bonds is 2. The zero-order valence-corrected chi connectivity index (χ0v) is 15.4. The molecule has 0 aromatic rings. The van der Waals surface area contributed by atoms with Gasteiger partial charge >= 0.3 is 155 Å². The van der Waals surface area contributed by atoms with Crippen LogP contribution in [0.15, 0.2) is 24.3 Å². The van der Waals surface area contributed by atoms with Crippen molar-refractivity contribution in [3.8, 4) is 0 Å². The molecule has 0 aromatic heterocycles. The maximum absolute atomic E-state index is 12.8. The number of carbonyl (C=O) groups is 4. The number of carbonyl (C=O) groups excluding carboxylic acids is 4. The van der Waals surface area contributed by atoms with E-state index in [2.05, 4.69) is 24.3 Å². The third-order valence-corrected chi connectivity index (χ3v) is 9.75. The molecule has 2 saturated heterocycles. The fraction of sp³-hybridized carbons (Fsp3) is 0.556. The SMILES string of the molecule is O=C1C2C3C=CC(C3)C2C(=O)N1[I-]N1C(=O)C2C3C=CC(C3)C2C1=O. The van der Waals surface area contributed by atoms with E-state index in [-0.39, 0.29) is 71.0 Å². The van der Waals surface area contributed by atoms with Crippen molar-refractivity contribution in [2.45, 2.75) is 12.8 Å². The van der Waals surface area contributed by atoms with Crippen LogP contribution in [-0.2, 0) is 19.2 Å². The molecule has 25 heavy (non-hydrogen) atoms. The van der Waals surface area contributed by atoms with Crippen molar-refractivity contribution in [3.63, 3.8) is 0 Å². The standard InChI is InChI=1S/C18H16IN2O4/c22-15-11-7-1-2-8(5-7)12(11)16(23)20(15)19-21-17(24)13-9-3-4-10(6-9)14(13)18(21)25/h1-4,7-14H,5-6H2/q-1. The van der Waals surface area contributed by atoms with E-state index in [4.69, 9.17) is 0 Å². The molecule has 7 heteroatoms. The van der Waals surface area contributed by atoms with Gasteiger partial charge in [0.1, 0.15) is 0 Å². The van der Waals surface area contributed by atoms with Crippen LogP contribution in [0, 0.1) is 47.3 Å². The molecule has 2 heterocycles. The van der Waals surface area contributed by atoms with Gasteiger partial charge in [0, 0.05) is 0 Å². The van der Waals surface area contributed by atoms with Gasteiger partial charge in [-0.3, -0.25) is 0 Å². The van der Waals surface area contributed by atoms with Gasteiger partial charge in [-0.15, -0.1) is 0 Å². The summed E-state index contributed by atoms with van der Waals surface area (Å²) in [5.41, 5.74) is 0. The summed E-state index contributed by atoms with van der Waals surface area (Å²) in [7, 11) is 0. The van der Waals surface area contributed by atoms with Gasteiger partial charge in [-0.05, 0) is 0 Å². The Morgan fingerprint density at radius 1 is 0.600 bits per heavy atom. The second-order valence-electron chi connectivity index (χ2n) is 7.99. The summed E-state index contributed by atoms with van der Waals surface area (Å²) in [5.74, 6) is -1.02. The van der Waals surface area contributed by atoms with Gasteiger partial charge < -0.3 is 0 Å². The summed E-state index contributed by atoms with van der Waals surface area (Å²) in [4.78, 5) is 51.3. The molecule has 0 spiro atoms. The Hall–Kier alpha value is -1.51. The van der Waals surface area contributed by atoms with Crippen LogP contribution < -0.4 is 21.8 Å². The second-order valence-corrected chi connectivity index (χ2v) is 10.4. The van der Waals surface area contributed by atoms with E-state index in [9.17, 15) is 19.2 Å². The third kappa shape index (κ3) is 1.61. The number of amides is 4. The first kappa shape index (κ1) is 14.6. The Morgan fingerprint density at radius 3 is 1.16 bits per heavy atom. The Morgan fingerprint density at radius 2 is 0.880 bits per heavy atom. The first-order chi connectivity index (χ1) is 12.1. The van der Waals surface area contributed by atoms with E-state index in [0.717, 1.165) is 12.8 Å². The Balaban J connectivity index is 1.28. The molecule has 2 aliphatic heterocycles. The van der Waals surface area contributed by atoms with Gasteiger partial charge in [0.25, 0.3) is 0 Å². The van der Waals surface area contributed by atoms with Gasteiger partial charge in [0.15, 0.2) is 0 Å². The maximum atomic E-state index is 12.8. The quantitative estimate of drug-likeness (QED) is 0.202. The summed E-state index contributed by atoms with van der Waals surface area (Å²) in [6.07, 6.45) is 9.99. The fourth-order valence-electron chi connectivity index (χ4n) is 5.96. The predicted molar refractivity (Wildman–Crippen MR) is 79.1 cm³/mol. The van der Waals surface area contributed by atoms with Gasteiger partial charge in [-0.25, -0.2) is 0 Å². The normalized spacial score (nSPS) is 48.6. The minimum absolute atomic E-state index is 0.154. The van der Waals surface area contributed by atoms with Gasteiger partial charge in [0.2, 0.25) is 0 Å². The molecule has 4 bridgehead atoms. The number of hydrogen-bond donors (Lipinski definition) is 0.